The van der Waals surface area contributed by atoms with Crippen molar-refractivity contribution in [3.63, 3.8) is 0 Å². The van der Waals surface area contributed by atoms with Gasteiger partial charge in [0, 0.05) is 17.8 Å². The van der Waals surface area contributed by atoms with Crippen molar-refractivity contribution in [3.8, 4) is 11.5 Å². The van der Waals surface area contributed by atoms with E-state index in [2.05, 4.69) is 35.4 Å². The minimum atomic E-state index is -0.0912. The molecule has 1 aliphatic heterocycles. The van der Waals surface area contributed by atoms with Crippen LogP contribution in [-0.2, 0) is 6.42 Å². The number of amides is 2. The number of rotatable bonds is 2. The third kappa shape index (κ3) is 3.01. The number of carbonyl (C=O) groups excluding carboxylic acids is 1. The third-order valence-corrected chi connectivity index (χ3v) is 4.65. The fraction of sp³-hybridized carbons (Fsp3) is 0.200. The summed E-state index contributed by atoms with van der Waals surface area (Å²) in [6, 6.07) is 15.8. The number of aromatic nitrogens is 1. The minimum absolute atomic E-state index is 0.0554. The van der Waals surface area contributed by atoms with Crippen LogP contribution in [0.3, 0.4) is 0 Å². The monoisotopic (exact) mass is 333 g/mol. The molecule has 2 heterocycles. The molecule has 0 radical (unpaired) electrons. The normalized spacial score (nSPS) is 16.4. The number of hydrogen-bond acceptors (Lipinski definition) is 3. The molecule has 3 aromatic rings. The molecule has 1 aliphatic rings. The zero-order valence-electron chi connectivity index (χ0n) is 14.0. The van der Waals surface area contributed by atoms with Gasteiger partial charge in [-0.3, -0.25) is 0 Å². The second-order valence-electron chi connectivity index (χ2n) is 6.17. The second-order valence-corrected chi connectivity index (χ2v) is 6.17. The summed E-state index contributed by atoms with van der Waals surface area (Å²) in [5.74, 6) is 0.538. The first-order valence-electron chi connectivity index (χ1n) is 8.38. The van der Waals surface area contributed by atoms with Crippen LogP contribution in [0.15, 0.2) is 65.4 Å². The summed E-state index contributed by atoms with van der Waals surface area (Å²) in [4.78, 5) is 18.8. The molecule has 0 bridgehead atoms. The first-order valence-corrected chi connectivity index (χ1v) is 8.38. The van der Waals surface area contributed by atoms with Crippen LogP contribution < -0.4 is 5.32 Å². The van der Waals surface area contributed by atoms with Crippen molar-refractivity contribution in [1.82, 2.24) is 9.88 Å². The first kappa shape index (κ1) is 15.4. The van der Waals surface area contributed by atoms with Crippen molar-refractivity contribution < 1.29 is 9.21 Å². The number of oxazole rings is 1. The van der Waals surface area contributed by atoms with Gasteiger partial charge in [-0.2, -0.15) is 0 Å². The largest absolute Gasteiger partial charge is 0.445 e. The van der Waals surface area contributed by atoms with Gasteiger partial charge in [-0.05, 0) is 42.7 Å². The third-order valence-electron chi connectivity index (χ3n) is 4.65. The topological polar surface area (TPSA) is 58.4 Å². The van der Waals surface area contributed by atoms with Crippen molar-refractivity contribution in [1.29, 1.82) is 0 Å². The summed E-state index contributed by atoms with van der Waals surface area (Å²) in [6.07, 6.45) is 4.02. The summed E-state index contributed by atoms with van der Waals surface area (Å²) >= 11 is 0. The number of nitrogens with zero attached hydrogens (tertiary/aromatic N) is 2. The van der Waals surface area contributed by atoms with Crippen LogP contribution in [0, 0.1) is 0 Å². The highest BCUT2D eigenvalue weighted by Gasteiger charge is 2.27. The minimum Gasteiger partial charge on any atom is -0.445 e. The lowest BCUT2D eigenvalue weighted by molar-refractivity contribution is 0.188. The average Bonchev–Trinajstić information content (AvgIpc) is 3.17. The van der Waals surface area contributed by atoms with E-state index in [1.165, 1.54) is 17.4 Å². The predicted octanol–water partition coefficient (Wildman–Crippen LogP) is 4.49. The van der Waals surface area contributed by atoms with E-state index in [0.29, 0.717) is 12.4 Å². The highest BCUT2D eigenvalue weighted by Crippen LogP contribution is 2.30. The zero-order valence-corrected chi connectivity index (χ0v) is 14.0. The molecule has 0 saturated heterocycles. The molecule has 5 heteroatoms. The maximum absolute atomic E-state index is 12.8. The molecule has 0 fully saturated rings. The number of anilines is 1. The van der Waals surface area contributed by atoms with Crippen molar-refractivity contribution >= 4 is 11.7 Å². The van der Waals surface area contributed by atoms with E-state index in [4.69, 9.17) is 4.42 Å². The highest BCUT2D eigenvalue weighted by molar-refractivity contribution is 5.90. The first-order chi connectivity index (χ1) is 12.2. The summed E-state index contributed by atoms with van der Waals surface area (Å²) < 4.78 is 5.32. The molecule has 0 spiro atoms. The van der Waals surface area contributed by atoms with Crippen LogP contribution >= 0.6 is 0 Å². The lowest BCUT2D eigenvalue weighted by Gasteiger charge is -2.35. The number of urea groups is 1. The predicted molar refractivity (Wildman–Crippen MR) is 96.2 cm³/mol. The molecular formula is C20H19N3O2. The Morgan fingerprint density at radius 3 is 2.96 bits per heavy atom. The smallest absolute Gasteiger partial charge is 0.322 e. The van der Waals surface area contributed by atoms with Crippen molar-refractivity contribution in [2.45, 2.75) is 19.4 Å². The summed E-state index contributed by atoms with van der Waals surface area (Å²) in [6.45, 7) is 2.78. The van der Waals surface area contributed by atoms with E-state index in [-0.39, 0.29) is 12.1 Å². The van der Waals surface area contributed by atoms with Gasteiger partial charge in [-0.15, -0.1) is 0 Å². The average molecular weight is 333 g/mol. The number of carbonyl (C=O) groups is 1. The van der Waals surface area contributed by atoms with E-state index in [1.54, 1.807) is 6.20 Å². The maximum atomic E-state index is 12.8. The Hall–Kier alpha value is -3.08. The van der Waals surface area contributed by atoms with Crippen molar-refractivity contribution in [2.75, 3.05) is 11.9 Å². The van der Waals surface area contributed by atoms with Gasteiger partial charge < -0.3 is 14.6 Å². The van der Waals surface area contributed by atoms with Crippen LogP contribution in [0.5, 0.6) is 0 Å². The Morgan fingerprint density at radius 2 is 2.12 bits per heavy atom. The molecule has 1 atom stereocenters. The lowest BCUT2D eigenvalue weighted by atomic mass is 9.94. The molecule has 1 N–H and O–H groups in total. The van der Waals surface area contributed by atoms with Gasteiger partial charge in [0.1, 0.15) is 6.26 Å². The quantitative estimate of drug-likeness (QED) is 0.751. The molecule has 2 aromatic carbocycles. The van der Waals surface area contributed by atoms with Gasteiger partial charge in [0.15, 0.2) is 0 Å². The molecule has 0 aliphatic carbocycles. The molecule has 4 rings (SSSR count). The van der Waals surface area contributed by atoms with Gasteiger partial charge in [-0.25, -0.2) is 9.78 Å². The number of fused-ring (bicyclic) bond motifs is 1. The van der Waals surface area contributed by atoms with Gasteiger partial charge in [-0.1, -0.05) is 30.3 Å². The molecule has 5 nitrogen and oxygen atoms in total. The molecule has 2 amide bonds. The Morgan fingerprint density at radius 1 is 1.24 bits per heavy atom. The van der Waals surface area contributed by atoms with E-state index >= 15 is 0 Å². The highest BCUT2D eigenvalue weighted by atomic mass is 16.3. The fourth-order valence-electron chi connectivity index (χ4n) is 3.34. The van der Waals surface area contributed by atoms with Gasteiger partial charge in [0.2, 0.25) is 5.89 Å². The SMILES string of the molecule is CC1c2ccccc2CCN1C(=O)Nc1cccc(-c2ncco2)c1. The number of nitrogens with one attached hydrogen (secondary N) is 1. The van der Waals surface area contributed by atoms with Crippen LogP contribution in [-0.4, -0.2) is 22.5 Å². The van der Waals surface area contributed by atoms with E-state index in [9.17, 15) is 4.79 Å². The van der Waals surface area contributed by atoms with Crippen LogP contribution in [0.25, 0.3) is 11.5 Å². The lowest BCUT2D eigenvalue weighted by Crippen LogP contribution is -2.41. The van der Waals surface area contributed by atoms with Gasteiger partial charge in [0.25, 0.3) is 0 Å². The zero-order chi connectivity index (χ0) is 17.2. The van der Waals surface area contributed by atoms with Gasteiger partial charge in [0.05, 0.1) is 12.2 Å². The second kappa shape index (κ2) is 6.43. The number of benzene rings is 2. The summed E-state index contributed by atoms with van der Waals surface area (Å²) in [5, 5.41) is 2.99. The Balaban J connectivity index is 1.52. The van der Waals surface area contributed by atoms with Crippen LogP contribution in [0.4, 0.5) is 10.5 Å². The van der Waals surface area contributed by atoms with E-state index in [0.717, 1.165) is 17.7 Å². The van der Waals surface area contributed by atoms with Crippen LogP contribution in [0.1, 0.15) is 24.1 Å². The molecule has 1 aromatic heterocycles. The molecule has 1 unspecified atom stereocenters. The Bertz CT molecular complexity index is 889. The molecule has 25 heavy (non-hydrogen) atoms. The van der Waals surface area contributed by atoms with Gasteiger partial charge >= 0.3 is 6.03 Å². The maximum Gasteiger partial charge on any atom is 0.322 e. The Kier molecular flexibility index (Phi) is 3.98. The summed E-state index contributed by atoms with van der Waals surface area (Å²) in [7, 11) is 0. The summed E-state index contributed by atoms with van der Waals surface area (Å²) in [5.41, 5.74) is 4.11. The van der Waals surface area contributed by atoms with Crippen molar-refractivity contribution in [2.24, 2.45) is 0 Å². The molecular weight excluding hydrogens is 314 g/mol. The molecule has 0 saturated carbocycles. The standard InChI is InChI=1S/C20H19N3O2/c1-14-18-8-3-2-5-15(18)9-11-23(14)20(24)22-17-7-4-6-16(13-17)19-21-10-12-25-19/h2-8,10,12-14H,9,11H2,1H3,(H,22,24). The fourth-order valence-corrected chi connectivity index (χ4v) is 3.34. The van der Waals surface area contributed by atoms with E-state index in [1.807, 2.05) is 35.2 Å². The number of hydrogen-bond donors (Lipinski definition) is 1. The van der Waals surface area contributed by atoms with E-state index < -0.39 is 0 Å². The van der Waals surface area contributed by atoms with Crippen molar-refractivity contribution in [3.05, 3.63) is 72.1 Å². The Labute approximate surface area is 146 Å². The molecule has 126 valence electrons. The van der Waals surface area contributed by atoms with Crippen LogP contribution in [0.2, 0.25) is 0 Å².